The first-order valence-corrected chi connectivity index (χ1v) is 9.29. The van der Waals surface area contributed by atoms with Gasteiger partial charge < -0.3 is 10.1 Å². The summed E-state index contributed by atoms with van der Waals surface area (Å²) in [4.78, 5) is 0. The maximum Gasteiger partial charge on any atom is 0.132 e. The van der Waals surface area contributed by atoms with Crippen LogP contribution in [-0.2, 0) is 6.54 Å². The number of halogens is 1. The van der Waals surface area contributed by atoms with E-state index in [0.717, 1.165) is 24.3 Å². The number of hydrogen-bond donors (Lipinski definition) is 1. The lowest BCUT2D eigenvalue weighted by molar-refractivity contribution is -0.671. The Labute approximate surface area is 151 Å². The third-order valence-corrected chi connectivity index (χ3v) is 4.72. The molecule has 0 saturated carbocycles. The molecule has 2 rings (SSSR count). The molecule has 0 fully saturated rings. The van der Waals surface area contributed by atoms with E-state index in [-0.39, 0.29) is 5.82 Å². The smallest absolute Gasteiger partial charge is 0.132 e. The van der Waals surface area contributed by atoms with Gasteiger partial charge in [0.15, 0.2) is 0 Å². The van der Waals surface area contributed by atoms with Crippen LogP contribution in [0.25, 0.3) is 0 Å². The summed E-state index contributed by atoms with van der Waals surface area (Å²) in [5.74, 6) is 2.05. The molecule has 0 saturated heterocycles. The van der Waals surface area contributed by atoms with Gasteiger partial charge in [0.05, 0.1) is 13.7 Å². The monoisotopic (exact) mass is 344 g/mol. The maximum absolute atomic E-state index is 13.7. The van der Waals surface area contributed by atoms with Crippen LogP contribution < -0.4 is 10.1 Å². The molecule has 2 N–H and O–H groups in total. The standard InChI is InChI=1S/C22H30FNO/c1-17(2)8-9-19(18-10-12-21(25-3)13-11-18)14-15-24-16-20-6-4-5-7-22(20)23/h4-7,10-13,17,19,24H,8-9,14-16H2,1-3H3/p+1/t19-/m1/s1. The number of methoxy groups -OCH3 is 1. The summed E-state index contributed by atoms with van der Waals surface area (Å²) in [5.41, 5.74) is 2.16. The third kappa shape index (κ3) is 6.50. The van der Waals surface area contributed by atoms with E-state index in [0.29, 0.717) is 18.4 Å². The molecule has 3 heteroatoms. The Hall–Kier alpha value is -1.87. The first-order valence-electron chi connectivity index (χ1n) is 9.29. The summed E-state index contributed by atoms with van der Waals surface area (Å²) in [7, 11) is 1.70. The Morgan fingerprint density at radius 1 is 0.960 bits per heavy atom. The highest BCUT2D eigenvalue weighted by atomic mass is 19.1. The van der Waals surface area contributed by atoms with E-state index in [4.69, 9.17) is 4.74 Å². The van der Waals surface area contributed by atoms with Gasteiger partial charge in [-0.1, -0.05) is 50.6 Å². The minimum atomic E-state index is -0.106. The van der Waals surface area contributed by atoms with Crippen molar-refractivity contribution in [3.05, 3.63) is 65.5 Å². The third-order valence-electron chi connectivity index (χ3n) is 4.72. The normalized spacial score (nSPS) is 12.4. The molecule has 0 aliphatic heterocycles. The highest BCUT2D eigenvalue weighted by molar-refractivity contribution is 5.29. The quantitative estimate of drug-likeness (QED) is 0.631. The first kappa shape index (κ1) is 19.5. The first-order chi connectivity index (χ1) is 12.1. The molecule has 1 atom stereocenters. The van der Waals surface area contributed by atoms with Gasteiger partial charge >= 0.3 is 0 Å². The molecule has 0 aromatic heterocycles. The van der Waals surface area contributed by atoms with Gasteiger partial charge in [0, 0.05) is 12.0 Å². The van der Waals surface area contributed by atoms with Gasteiger partial charge in [0.1, 0.15) is 18.1 Å². The van der Waals surface area contributed by atoms with Crippen LogP contribution in [-0.4, -0.2) is 13.7 Å². The summed E-state index contributed by atoms with van der Waals surface area (Å²) in [5, 5.41) is 2.21. The second kappa shape index (κ2) is 10.2. The van der Waals surface area contributed by atoms with Crippen molar-refractivity contribution in [1.29, 1.82) is 0 Å². The summed E-state index contributed by atoms with van der Waals surface area (Å²) >= 11 is 0. The maximum atomic E-state index is 13.7. The van der Waals surface area contributed by atoms with Crippen LogP contribution in [0.2, 0.25) is 0 Å². The van der Waals surface area contributed by atoms with Gasteiger partial charge in [-0.15, -0.1) is 0 Å². The SMILES string of the molecule is COc1ccc([C@@H](CC[NH2+]Cc2ccccc2F)CCC(C)C)cc1. The van der Waals surface area contributed by atoms with Crippen molar-refractivity contribution in [2.75, 3.05) is 13.7 Å². The lowest BCUT2D eigenvalue weighted by atomic mass is 9.88. The molecule has 0 amide bonds. The minimum absolute atomic E-state index is 0.106. The molecule has 0 aliphatic carbocycles. The van der Waals surface area contributed by atoms with Gasteiger partial charge in [-0.2, -0.15) is 0 Å². The van der Waals surface area contributed by atoms with Crippen LogP contribution >= 0.6 is 0 Å². The van der Waals surface area contributed by atoms with E-state index in [9.17, 15) is 4.39 Å². The number of hydrogen-bond acceptors (Lipinski definition) is 1. The molecule has 2 nitrogen and oxygen atoms in total. The number of nitrogens with two attached hydrogens (primary N) is 1. The van der Waals surface area contributed by atoms with Crippen LogP contribution in [0.15, 0.2) is 48.5 Å². The molecule has 0 radical (unpaired) electrons. The molecule has 0 unspecified atom stereocenters. The molecule has 2 aromatic rings. The van der Waals surface area contributed by atoms with Crippen molar-refractivity contribution in [1.82, 2.24) is 0 Å². The van der Waals surface area contributed by atoms with Gasteiger partial charge in [0.2, 0.25) is 0 Å². The van der Waals surface area contributed by atoms with Crippen molar-refractivity contribution >= 4 is 0 Å². The number of rotatable bonds is 10. The zero-order valence-corrected chi connectivity index (χ0v) is 15.7. The molecule has 0 heterocycles. The van der Waals surface area contributed by atoms with E-state index in [2.05, 4.69) is 31.3 Å². The average Bonchev–Trinajstić information content (AvgIpc) is 2.62. The zero-order chi connectivity index (χ0) is 18.1. The topological polar surface area (TPSA) is 25.8 Å². The number of benzene rings is 2. The van der Waals surface area contributed by atoms with Crippen LogP contribution in [0.5, 0.6) is 5.75 Å². The van der Waals surface area contributed by atoms with Crippen molar-refractivity contribution in [2.45, 2.75) is 45.6 Å². The van der Waals surface area contributed by atoms with E-state index in [1.54, 1.807) is 13.2 Å². The zero-order valence-electron chi connectivity index (χ0n) is 15.7. The summed E-state index contributed by atoms with van der Waals surface area (Å²) in [6, 6.07) is 15.5. The Bertz CT molecular complexity index is 624. The Morgan fingerprint density at radius 3 is 2.32 bits per heavy atom. The van der Waals surface area contributed by atoms with E-state index < -0.39 is 0 Å². The lowest BCUT2D eigenvalue weighted by Crippen LogP contribution is -2.82. The van der Waals surface area contributed by atoms with E-state index in [1.165, 1.54) is 24.5 Å². The number of ether oxygens (including phenoxy) is 1. The average molecular weight is 344 g/mol. The van der Waals surface area contributed by atoms with Gasteiger partial charge in [-0.3, -0.25) is 0 Å². The van der Waals surface area contributed by atoms with Gasteiger partial charge in [0.25, 0.3) is 0 Å². The van der Waals surface area contributed by atoms with Crippen molar-refractivity contribution in [2.24, 2.45) is 5.92 Å². The van der Waals surface area contributed by atoms with Crippen LogP contribution in [0, 0.1) is 11.7 Å². The molecule has 136 valence electrons. The molecule has 0 spiro atoms. The predicted molar refractivity (Wildman–Crippen MR) is 101 cm³/mol. The second-order valence-electron chi connectivity index (χ2n) is 7.10. The summed E-state index contributed by atoms with van der Waals surface area (Å²) < 4.78 is 19.0. The van der Waals surface area contributed by atoms with Crippen molar-refractivity contribution in [3.63, 3.8) is 0 Å². The summed E-state index contributed by atoms with van der Waals surface area (Å²) in [6.07, 6.45) is 3.52. The van der Waals surface area contributed by atoms with Crippen LogP contribution in [0.1, 0.15) is 50.2 Å². The lowest BCUT2D eigenvalue weighted by Gasteiger charge is -2.18. The van der Waals surface area contributed by atoms with E-state index in [1.807, 2.05) is 24.3 Å². The van der Waals surface area contributed by atoms with E-state index >= 15 is 0 Å². The second-order valence-corrected chi connectivity index (χ2v) is 7.10. The fraction of sp³-hybridized carbons (Fsp3) is 0.455. The highest BCUT2D eigenvalue weighted by Crippen LogP contribution is 2.27. The largest absolute Gasteiger partial charge is 0.497 e. The van der Waals surface area contributed by atoms with Crippen molar-refractivity contribution < 1.29 is 14.4 Å². The van der Waals surface area contributed by atoms with Crippen molar-refractivity contribution in [3.8, 4) is 5.75 Å². The Kier molecular flexibility index (Phi) is 7.93. The molecular weight excluding hydrogens is 313 g/mol. The van der Waals surface area contributed by atoms with Gasteiger partial charge in [-0.25, -0.2) is 4.39 Å². The molecule has 0 aliphatic rings. The summed E-state index contributed by atoms with van der Waals surface area (Å²) in [6.45, 7) is 6.25. The minimum Gasteiger partial charge on any atom is -0.497 e. The van der Waals surface area contributed by atoms with Crippen LogP contribution in [0.4, 0.5) is 4.39 Å². The van der Waals surface area contributed by atoms with Crippen LogP contribution in [0.3, 0.4) is 0 Å². The molecule has 25 heavy (non-hydrogen) atoms. The fourth-order valence-corrected chi connectivity index (χ4v) is 3.13. The fourth-order valence-electron chi connectivity index (χ4n) is 3.13. The Balaban J connectivity index is 1.90. The molecular formula is C22H31FNO+. The Morgan fingerprint density at radius 2 is 1.68 bits per heavy atom. The van der Waals surface area contributed by atoms with Gasteiger partial charge in [-0.05, 0) is 42.0 Å². The molecule has 2 aromatic carbocycles. The predicted octanol–water partition coefficient (Wildman–Crippen LogP) is 4.51. The number of quaternary nitrogens is 1. The molecule has 0 bridgehead atoms. The highest BCUT2D eigenvalue weighted by Gasteiger charge is 2.14.